The minimum absolute atomic E-state index is 0.179. The van der Waals surface area contributed by atoms with Gasteiger partial charge < -0.3 is 10.8 Å². The van der Waals surface area contributed by atoms with E-state index in [2.05, 4.69) is 4.98 Å². The van der Waals surface area contributed by atoms with Crippen molar-refractivity contribution in [2.75, 3.05) is 13.2 Å². The van der Waals surface area contributed by atoms with Crippen molar-refractivity contribution in [3.05, 3.63) is 16.1 Å². The van der Waals surface area contributed by atoms with Gasteiger partial charge in [0.1, 0.15) is 0 Å². The molecule has 1 heterocycles. The maximum Gasteiger partial charge on any atom is 0.0897 e. The Bertz CT molecular complexity index is 237. The number of hydrogen-bond donors (Lipinski definition) is 2. The highest BCUT2D eigenvalue weighted by Gasteiger charge is 2.11. The number of aliphatic hydroxyl groups excluding tert-OH is 1. The fourth-order valence-electron chi connectivity index (χ4n) is 1.11. The van der Waals surface area contributed by atoms with Gasteiger partial charge in [-0.05, 0) is 13.3 Å². The van der Waals surface area contributed by atoms with E-state index in [1.807, 2.05) is 12.3 Å². The maximum absolute atomic E-state index is 8.76. The fraction of sp³-hybridized carbons (Fsp3) is 0.625. The highest BCUT2D eigenvalue weighted by Crippen LogP contribution is 2.19. The largest absolute Gasteiger partial charge is 0.396 e. The Morgan fingerprint density at radius 2 is 2.50 bits per heavy atom. The number of hydrogen-bond acceptors (Lipinski definition) is 4. The minimum Gasteiger partial charge on any atom is -0.396 e. The van der Waals surface area contributed by atoms with E-state index in [1.165, 1.54) is 0 Å². The van der Waals surface area contributed by atoms with Gasteiger partial charge in [0.15, 0.2) is 0 Å². The summed E-state index contributed by atoms with van der Waals surface area (Å²) in [4.78, 5) is 4.33. The Labute approximate surface area is 76.3 Å². The molecule has 0 fully saturated rings. The van der Waals surface area contributed by atoms with Crippen LogP contribution >= 0.6 is 11.3 Å². The monoisotopic (exact) mass is 186 g/mol. The fourth-order valence-corrected chi connectivity index (χ4v) is 1.80. The van der Waals surface area contributed by atoms with Gasteiger partial charge >= 0.3 is 0 Å². The van der Waals surface area contributed by atoms with Crippen LogP contribution < -0.4 is 5.73 Å². The summed E-state index contributed by atoms with van der Waals surface area (Å²) in [5, 5.41) is 11.8. The summed E-state index contributed by atoms with van der Waals surface area (Å²) in [6, 6.07) is 0. The van der Waals surface area contributed by atoms with Crippen molar-refractivity contribution in [2.24, 2.45) is 5.73 Å². The summed E-state index contributed by atoms with van der Waals surface area (Å²) < 4.78 is 0. The Hall–Kier alpha value is -0.450. The summed E-state index contributed by atoms with van der Waals surface area (Å²) in [5.41, 5.74) is 6.58. The number of thiazole rings is 1. The predicted octanol–water partition coefficient (Wildman–Crippen LogP) is 0.876. The lowest BCUT2D eigenvalue weighted by Crippen LogP contribution is -2.14. The minimum atomic E-state index is 0.179. The SMILES string of the molecule is Cc1nc(C(CN)CCO)cs1. The highest BCUT2D eigenvalue weighted by molar-refractivity contribution is 7.09. The Morgan fingerprint density at radius 1 is 1.75 bits per heavy atom. The van der Waals surface area contributed by atoms with E-state index in [1.54, 1.807) is 11.3 Å². The topological polar surface area (TPSA) is 59.1 Å². The van der Waals surface area contributed by atoms with Crippen LogP contribution in [0.25, 0.3) is 0 Å². The van der Waals surface area contributed by atoms with Gasteiger partial charge in [-0.2, -0.15) is 0 Å². The van der Waals surface area contributed by atoms with Crippen molar-refractivity contribution in [3.63, 3.8) is 0 Å². The number of nitrogens with two attached hydrogens (primary N) is 1. The van der Waals surface area contributed by atoms with Crippen LogP contribution in [0, 0.1) is 6.92 Å². The molecule has 0 aromatic carbocycles. The van der Waals surface area contributed by atoms with Crippen LogP contribution in [-0.4, -0.2) is 23.2 Å². The summed E-state index contributed by atoms with van der Waals surface area (Å²) in [6.45, 7) is 2.71. The standard InChI is InChI=1S/C8H14N2OS/c1-6-10-8(5-12-6)7(4-9)2-3-11/h5,7,11H,2-4,9H2,1H3. The molecule has 4 heteroatoms. The van der Waals surface area contributed by atoms with Crippen molar-refractivity contribution < 1.29 is 5.11 Å². The zero-order valence-corrected chi connectivity index (χ0v) is 7.97. The molecule has 1 aromatic rings. The summed E-state index contributed by atoms with van der Waals surface area (Å²) >= 11 is 1.63. The first-order valence-electron chi connectivity index (χ1n) is 4.01. The average Bonchev–Trinajstić information content (AvgIpc) is 2.47. The smallest absolute Gasteiger partial charge is 0.0897 e. The zero-order valence-electron chi connectivity index (χ0n) is 7.16. The van der Waals surface area contributed by atoms with E-state index < -0.39 is 0 Å². The lowest BCUT2D eigenvalue weighted by Gasteiger charge is -2.09. The summed E-state index contributed by atoms with van der Waals surface area (Å²) in [6.07, 6.45) is 0.708. The number of aromatic nitrogens is 1. The Balaban J connectivity index is 2.66. The molecule has 0 saturated carbocycles. The van der Waals surface area contributed by atoms with E-state index in [-0.39, 0.29) is 12.5 Å². The molecule has 0 bridgehead atoms. The van der Waals surface area contributed by atoms with Gasteiger partial charge in [0.2, 0.25) is 0 Å². The van der Waals surface area contributed by atoms with Crippen LogP contribution in [0.3, 0.4) is 0 Å². The molecule has 68 valence electrons. The van der Waals surface area contributed by atoms with E-state index in [0.717, 1.165) is 10.7 Å². The first kappa shape index (κ1) is 9.64. The molecular weight excluding hydrogens is 172 g/mol. The molecule has 3 nitrogen and oxygen atoms in total. The molecule has 0 saturated heterocycles. The lowest BCUT2D eigenvalue weighted by atomic mass is 10.0. The van der Waals surface area contributed by atoms with Crippen LogP contribution in [-0.2, 0) is 0 Å². The molecule has 12 heavy (non-hydrogen) atoms. The van der Waals surface area contributed by atoms with Crippen molar-refractivity contribution in [3.8, 4) is 0 Å². The second-order valence-electron chi connectivity index (χ2n) is 2.74. The molecule has 3 N–H and O–H groups in total. The van der Waals surface area contributed by atoms with Gasteiger partial charge in [-0.25, -0.2) is 4.98 Å². The molecule has 1 aromatic heterocycles. The van der Waals surface area contributed by atoms with Gasteiger partial charge in [-0.15, -0.1) is 11.3 Å². The third-order valence-electron chi connectivity index (χ3n) is 1.82. The van der Waals surface area contributed by atoms with Crippen molar-refractivity contribution >= 4 is 11.3 Å². The lowest BCUT2D eigenvalue weighted by molar-refractivity contribution is 0.275. The summed E-state index contributed by atoms with van der Waals surface area (Å²) in [5.74, 6) is 0.222. The van der Waals surface area contributed by atoms with Gasteiger partial charge in [0.25, 0.3) is 0 Å². The van der Waals surface area contributed by atoms with Gasteiger partial charge in [-0.1, -0.05) is 0 Å². The second-order valence-corrected chi connectivity index (χ2v) is 3.80. The third kappa shape index (κ3) is 2.27. The van der Waals surface area contributed by atoms with Crippen LogP contribution in [0.1, 0.15) is 23.0 Å². The number of nitrogens with zero attached hydrogens (tertiary/aromatic N) is 1. The maximum atomic E-state index is 8.76. The van der Waals surface area contributed by atoms with Crippen LogP contribution in [0.4, 0.5) is 0 Å². The molecule has 0 spiro atoms. The van der Waals surface area contributed by atoms with E-state index in [4.69, 9.17) is 10.8 Å². The van der Waals surface area contributed by atoms with Gasteiger partial charge in [0.05, 0.1) is 10.7 Å². The van der Waals surface area contributed by atoms with Crippen LogP contribution in [0.2, 0.25) is 0 Å². The Kier molecular flexibility index (Phi) is 3.65. The van der Waals surface area contributed by atoms with E-state index >= 15 is 0 Å². The number of rotatable bonds is 4. The van der Waals surface area contributed by atoms with Crippen molar-refractivity contribution in [2.45, 2.75) is 19.3 Å². The molecular formula is C8H14N2OS. The summed E-state index contributed by atoms with van der Waals surface area (Å²) in [7, 11) is 0. The molecule has 0 aliphatic carbocycles. The molecule has 1 atom stereocenters. The van der Waals surface area contributed by atoms with Gasteiger partial charge in [-0.3, -0.25) is 0 Å². The average molecular weight is 186 g/mol. The predicted molar refractivity (Wildman–Crippen MR) is 50.3 cm³/mol. The first-order chi connectivity index (χ1) is 5.77. The van der Waals surface area contributed by atoms with Gasteiger partial charge in [0, 0.05) is 24.4 Å². The highest BCUT2D eigenvalue weighted by atomic mass is 32.1. The van der Waals surface area contributed by atoms with Crippen molar-refractivity contribution in [1.29, 1.82) is 0 Å². The molecule has 0 aliphatic rings. The third-order valence-corrected chi connectivity index (χ3v) is 2.61. The number of aliphatic hydroxyl groups is 1. The molecule has 1 rings (SSSR count). The number of aryl methyl sites for hydroxylation is 1. The van der Waals surface area contributed by atoms with Crippen molar-refractivity contribution in [1.82, 2.24) is 4.98 Å². The quantitative estimate of drug-likeness (QED) is 0.733. The molecule has 0 radical (unpaired) electrons. The first-order valence-corrected chi connectivity index (χ1v) is 4.89. The van der Waals surface area contributed by atoms with Crippen LogP contribution in [0.15, 0.2) is 5.38 Å². The molecule has 1 unspecified atom stereocenters. The zero-order chi connectivity index (χ0) is 8.97. The second kappa shape index (κ2) is 4.54. The Morgan fingerprint density at radius 3 is 2.92 bits per heavy atom. The molecule has 0 amide bonds. The van der Waals surface area contributed by atoms with E-state index in [9.17, 15) is 0 Å². The van der Waals surface area contributed by atoms with Crippen LogP contribution in [0.5, 0.6) is 0 Å². The van der Waals surface area contributed by atoms with E-state index in [0.29, 0.717) is 13.0 Å². The molecule has 0 aliphatic heterocycles. The normalized spacial score (nSPS) is 13.2.